The van der Waals surface area contributed by atoms with Crippen molar-refractivity contribution in [2.24, 2.45) is 0 Å². The molecule has 3 amide bonds. The van der Waals surface area contributed by atoms with Gasteiger partial charge < -0.3 is 26.4 Å². The van der Waals surface area contributed by atoms with Gasteiger partial charge in [-0.25, -0.2) is 27.5 Å². The van der Waals surface area contributed by atoms with Gasteiger partial charge in [0.2, 0.25) is 5.91 Å². The second-order valence-corrected chi connectivity index (χ2v) is 9.79. The number of aliphatic hydroxyl groups excluding tert-OH is 1. The molecule has 0 aliphatic carbocycles. The van der Waals surface area contributed by atoms with Gasteiger partial charge in [-0.1, -0.05) is 0 Å². The number of carbonyl (C=O) groups excluding carboxylic acids is 2. The summed E-state index contributed by atoms with van der Waals surface area (Å²) < 4.78 is 85.0. The Morgan fingerprint density at radius 1 is 0.953 bits per heavy atom. The lowest BCUT2D eigenvalue weighted by molar-refractivity contribution is -0.137. The van der Waals surface area contributed by atoms with E-state index in [1.807, 2.05) is 10.6 Å². The highest BCUT2D eigenvalue weighted by molar-refractivity contribution is 6.00. The summed E-state index contributed by atoms with van der Waals surface area (Å²) in [4.78, 5) is 29.7. The van der Waals surface area contributed by atoms with Crippen LogP contribution in [0, 0.1) is 17.5 Å². The Labute approximate surface area is 239 Å². The number of alkyl halides is 3. The van der Waals surface area contributed by atoms with Crippen molar-refractivity contribution in [2.45, 2.75) is 24.9 Å². The van der Waals surface area contributed by atoms with Crippen LogP contribution < -0.4 is 16.4 Å². The van der Waals surface area contributed by atoms with E-state index in [1.54, 1.807) is 6.07 Å². The maximum absolute atomic E-state index is 15.4. The zero-order chi connectivity index (χ0) is 31.1. The van der Waals surface area contributed by atoms with E-state index in [0.29, 0.717) is 55.9 Å². The van der Waals surface area contributed by atoms with Crippen LogP contribution in [-0.4, -0.2) is 56.2 Å². The van der Waals surface area contributed by atoms with Gasteiger partial charge in [0.1, 0.15) is 35.9 Å². The predicted octanol–water partition coefficient (Wildman–Crippen LogP) is 4.76. The molecule has 1 saturated heterocycles. The molecule has 2 aromatic carbocycles. The first-order valence-electron chi connectivity index (χ1n) is 12.8. The summed E-state index contributed by atoms with van der Waals surface area (Å²) in [6.45, 7) is 0.123. The minimum absolute atomic E-state index is 0.0198. The number of anilines is 3. The summed E-state index contributed by atoms with van der Waals surface area (Å²) in [7, 11) is 0. The van der Waals surface area contributed by atoms with Crippen LogP contribution in [0.15, 0.2) is 42.7 Å². The van der Waals surface area contributed by atoms with E-state index >= 15 is 8.78 Å². The number of hydrogen-bond acceptors (Lipinski definition) is 6. The van der Waals surface area contributed by atoms with Gasteiger partial charge in [0.15, 0.2) is 5.82 Å². The van der Waals surface area contributed by atoms with Crippen LogP contribution in [0.3, 0.4) is 0 Å². The number of fused-ring (bicyclic) bond motifs is 1. The molecule has 0 radical (unpaired) electrons. The van der Waals surface area contributed by atoms with E-state index in [4.69, 9.17) is 10.8 Å². The molecule has 226 valence electrons. The van der Waals surface area contributed by atoms with Gasteiger partial charge in [0, 0.05) is 41.9 Å². The molecule has 10 nitrogen and oxygen atoms in total. The molecule has 0 atom stereocenters. The number of nitrogens with two attached hydrogens (primary N) is 1. The molecule has 1 aliphatic heterocycles. The van der Waals surface area contributed by atoms with Crippen molar-refractivity contribution < 1.29 is 41.0 Å². The minimum Gasteiger partial charge on any atom is -0.387 e. The average molecular weight is 608 g/mol. The fourth-order valence-corrected chi connectivity index (χ4v) is 5.04. The fraction of sp³-hybridized carbons (Fsp3) is 0.259. The van der Waals surface area contributed by atoms with Crippen LogP contribution in [0.4, 0.5) is 48.3 Å². The van der Waals surface area contributed by atoms with E-state index in [-0.39, 0.29) is 28.4 Å². The molecule has 5 rings (SSSR count). The Morgan fingerprint density at radius 3 is 2.28 bits per heavy atom. The molecule has 16 heteroatoms. The molecule has 5 N–H and O–H groups in total. The number of piperidine rings is 1. The summed E-state index contributed by atoms with van der Waals surface area (Å²) in [6.07, 6.45) is -2.60. The van der Waals surface area contributed by atoms with Crippen LogP contribution in [-0.2, 0) is 11.0 Å². The Balaban J connectivity index is 1.42. The van der Waals surface area contributed by atoms with E-state index in [9.17, 15) is 27.2 Å². The van der Waals surface area contributed by atoms with Crippen molar-refractivity contribution in [3.8, 4) is 11.1 Å². The zero-order valence-electron chi connectivity index (χ0n) is 22.1. The van der Waals surface area contributed by atoms with Crippen LogP contribution in [0.2, 0.25) is 0 Å². The molecule has 43 heavy (non-hydrogen) atoms. The van der Waals surface area contributed by atoms with Crippen molar-refractivity contribution in [1.29, 1.82) is 0 Å². The topological polar surface area (TPSA) is 138 Å². The highest BCUT2D eigenvalue weighted by Crippen LogP contribution is 2.39. The maximum atomic E-state index is 15.4. The van der Waals surface area contributed by atoms with Crippen LogP contribution in [0.5, 0.6) is 0 Å². The molecule has 0 bridgehead atoms. The number of carbonyl (C=O) groups is 2. The van der Waals surface area contributed by atoms with Gasteiger partial charge in [-0.3, -0.25) is 4.79 Å². The Kier molecular flexibility index (Phi) is 7.88. The highest BCUT2D eigenvalue weighted by Gasteiger charge is 2.32. The van der Waals surface area contributed by atoms with E-state index < -0.39 is 59.1 Å². The van der Waals surface area contributed by atoms with Gasteiger partial charge in [-0.05, 0) is 43.2 Å². The van der Waals surface area contributed by atoms with E-state index in [1.165, 1.54) is 15.7 Å². The van der Waals surface area contributed by atoms with Crippen molar-refractivity contribution in [2.75, 3.05) is 36.1 Å². The van der Waals surface area contributed by atoms with Crippen molar-refractivity contribution in [3.63, 3.8) is 0 Å². The molecule has 0 spiro atoms. The smallest absolute Gasteiger partial charge is 0.387 e. The predicted molar refractivity (Wildman–Crippen MR) is 142 cm³/mol. The van der Waals surface area contributed by atoms with E-state index in [2.05, 4.69) is 10.1 Å². The highest BCUT2D eigenvalue weighted by atomic mass is 19.4. The lowest BCUT2D eigenvalue weighted by Crippen LogP contribution is -2.39. The number of amides is 3. The third-order valence-corrected chi connectivity index (χ3v) is 7.15. The number of benzene rings is 2. The Bertz CT molecular complexity index is 1720. The first kappa shape index (κ1) is 29.6. The molecule has 3 heterocycles. The average Bonchev–Trinajstić information content (AvgIpc) is 3.35. The standard InChI is InChI=1S/C27H23F6N7O3/c28-17-2-1-14(27(31,32)33)7-20(17)37-26(43)38-21-10-18(29)15(8-19(21)30)16-9-22(40-24(16)25(34)35-12-36-40)13-3-5-39(6-4-13)23(42)11-41/h1-2,7-10,12-13,41H,3-6,11H2,(H2,34,35,36)(H2,37,38,43). The number of nitrogens with one attached hydrogen (secondary N) is 2. The summed E-state index contributed by atoms with van der Waals surface area (Å²) >= 11 is 0. The molecule has 0 unspecified atom stereocenters. The number of likely N-dealkylation sites (tertiary alicyclic amines) is 1. The second kappa shape index (κ2) is 11.4. The second-order valence-electron chi connectivity index (χ2n) is 9.79. The zero-order valence-corrected chi connectivity index (χ0v) is 22.1. The SMILES string of the molecule is Nc1ncnn2c(C3CCN(C(=O)CO)CC3)cc(-c3cc(F)c(NC(=O)Nc4cc(C(F)(F)F)ccc4F)cc3F)c12. The number of halogens is 6. The van der Waals surface area contributed by atoms with Crippen molar-refractivity contribution in [3.05, 3.63) is 71.4 Å². The lowest BCUT2D eigenvalue weighted by Gasteiger charge is -2.31. The summed E-state index contributed by atoms with van der Waals surface area (Å²) in [6, 6.07) is 3.09. The number of rotatable bonds is 5. The van der Waals surface area contributed by atoms with Gasteiger partial charge in [0.05, 0.1) is 16.9 Å². The maximum Gasteiger partial charge on any atom is 0.416 e. The van der Waals surface area contributed by atoms with Crippen LogP contribution >= 0.6 is 0 Å². The lowest BCUT2D eigenvalue weighted by atomic mass is 9.93. The van der Waals surface area contributed by atoms with Gasteiger partial charge in [0.25, 0.3) is 0 Å². The number of hydrogen-bond donors (Lipinski definition) is 4. The third kappa shape index (κ3) is 5.90. The monoisotopic (exact) mass is 607 g/mol. The summed E-state index contributed by atoms with van der Waals surface area (Å²) in [5.74, 6) is -3.84. The van der Waals surface area contributed by atoms with Gasteiger partial charge in [-0.15, -0.1) is 0 Å². The van der Waals surface area contributed by atoms with E-state index in [0.717, 1.165) is 6.07 Å². The molecule has 4 aromatic rings. The molecule has 2 aromatic heterocycles. The minimum atomic E-state index is -4.81. The van der Waals surface area contributed by atoms with Crippen LogP contribution in [0.1, 0.15) is 30.0 Å². The van der Waals surface area contributed by atoms with Crippen LogP contribution in [0.25, 0.3) is 16.6 Å². The number of aromatic nitrogens is 3. The summed E-state index contributed by atoms with van der Waals surface area (Å²) in [5, 5.41) is 17.2. The third-order valence-electron chi connectivity index (χ3n) is 7.15. The molecule has 1 fully saturated rings. The number of urea groups is 1. The van der Waals surface area contributed by atoms with Crippen molar-refractivity contribution in [1.82, 2.24) is 19.5 Å². The largest absolute Gasteiger partial charge is 0.416 e. The Morgan fingerprint density at radius 2 is 1.63 bits per heavy atom. The van der Waals surface area contributed by atoms with Gasteiger partial charge >= 0.3 is 12.2 Å². The normalized spacial score (nSPS) is 14.3. The molecule has 0 saturated carbocycles. The quantitative estimate of drug-likeness (QED) is 0.242. The molecular formula is C27H23F6N7O3. The fourth-order valence-electron chi connectivity index (χ4n) is 5.04. The number of nitrogens with zero attached hydrogens (tertiary/aromatic N) is 4. The number of nitrogen functional groups attached to an aromatic ring is 1. The Hall–Kier alpha value is -4.86. The van der Waals surface area contributed by atoms with Gasteiger partial charge in [-0.2, -0.15) is 18.3 Å². The molecular weight excluding hydrogens is 584 g/mol. The summed E-state index contributed by atoms with van der Waals surface area (Å²) in [5.41, 5.74) is 4.09. The first-order valence-corrected chi connectivity index (χ1v) is 12.8. The first-order chi connectivity index (χ1) is 20.4. The number of aliphatic hydroxyl groups is 1. The van der Waals surface area contributed by atoms with Crippen molar-refractivity contribution >= 4 is 34.6 Å². The molecule has 1 aliphatic rings.